The van der Waals surface area contributed by atoms with Crippen LogP contribution in [0, 0.1) is 0 Å². The van der Waals surface area contributed by atoms with Crippen molar-refractivity contribution >= 4 is 17.5 Å². The Kier molecular flexibility index (Phi) is 4.58. The number of carbonyl (C=O) groups is 1. The number of aliphatic hydroxyl groups is 1. The highest BCUT2D eigenvalue weighted by atomic mass is 35.5. The molecule has 1 aliphatic carbocycles. The molecule has 1 saturated carbocycles. The lowest BCUT2D eigenvalue weighted by atomic mass is 10.1. The molecule has 138 valence electrons. The number of β-amino-alcohol motifs (C(OH)–C–C–N with tert-alkyl or cyclic N) is 1. The Morgan fingerprint density at radius 3 is 2.88 bits per heavy atom. The van der Waals surface area contributed by atoms with Gasteiger partial charge in [-0.3, -0.25) is 4.79 Å². The highest BCUT2D eigenvalue weighted by Gasteiger charge is 2.35. The minimum atomic E-state index is -1.44. The van der Waals surface area contributed by atoms with Crippen LogP contribution < -0.4 is 4.74 Å². The van der Waals surface area contributed by atoms with E-state index in [1.807, 2.05) is 18.2 Å². The van der Waals surface area contributed by atoms with E-state index in [1.165, 1.54) is 29.6 Å². The number of ether oxygens (including phenoxy) is 1. The lowest BCUT2D eigenvalue weighted by Gasteiger charge is -2.12. The minimum Gasteiger partial charge on any atom is -0.482 e. The Morgan fingerprint density at radius 2 is 2.23 bits per heavy atom. The molecule has 0 unspecified atom stereocenters. The van der Waals surface area contributed by atoms with Crippen molar-refractivity contribution in [2.24, 2.45) is 0 Å². The summed E-state index contributed by atoms with van der Waals surface area (Å²) < 4.78 is 24.2. The van der Waals surface area contributed by atoms with Crippen LogP contribution in [0.15, 0.2) is 28.9 Å². The van der Waals surface area contributed by atoms with E-state index in [1.54, 1.807) is 0 Å². The standard InChI is InChI=1S/C18H18ClFN2O4/c19-12-5-11(10-1-2-10)3-4-16(12)25-9-17-21-14(8-26-17)18(24)22-6-13(20)15(23)7-22/h3-5,8,10,13,15,23H,1-2,6-7,9H2/t13-,15-/m1/s1. The maximum atomic E-state index is 13.4. The summed E-state index contributed by atoms with van der Waals surface area (Å²) in [6, 6.07) is 5.72. The van der Waals surface area contributed by atoms with Crippen molar-refractivity contribution in [1.29, 1.82) is 0 Å². The Hall–Kier alpha value is -2.12. The normalized spacial score (nSPS) is 22.7. The van der Waals surface area contributed by atoms with Gasteiger partial charge in [0.1, 0.15) is 24.3 Å². The lowest BCUT2D eigenvalue weighted by molar-refractivity contribution is 0.0758. The van der Waals surface area contributed by atoms with Gasteiger partial charge in [-0.2, -0.15) is 0 Å². The fourth-order valence-corrected chi connectivity index (χ4v) is 3.24. The summed E-state index contributed by atoms with van der Waals surface area (Å²) in [5.41, 5.74) is 1.27. The number of alkyl halides is 1. The van der Waals surface area contributed by atoms with E-state index in [0.717, 1.165) is 0 Å². The van der Waals surface area contributed by atoms with Gasteiger partial charge in [0.2, 0.25) is 5.89 Å². The van der Waals surface area contributed by atoms with Crippen LogP contribution in [-0.4, -0.2) is 46.3 Å². The third kappa shape index (κ3) is 3.54. The topological polar surface area (TPSA) is 75.8 Å². The number of benzene rings is 1. The summed E-state index contributed by atoms with van der Waals surface area (Å²) in [4.78, 5) is 17.5. The van der Waals surface area contributed by atoms with Crippen LogP contribution >= 0.6 is 11.6 Å². The molecular formula is C18H18ClFN2O4. The highest BCUT2D eigenvalue weighted by molar-refractivity contribution is 6.32. The van der Waals surface area contributed by atoms with Crippen LogP contribution in [0.2, 0.25) is 5.02 Å². The van der Waals surface area contributed by atoms with Crippen LogP contribution in [0.3, 0.4) is 0 Å². The first kappa shape index (κ1) is 17.3. The van der Waals surface area contributed by atoms with Crippen LogP contribution in [0.25, 0.3) is 0 Å². The molecule has 2 aliphatic rings. The first-order valence-electron chi connectivity index (χ1n) is 8.49. The number of rotatable bonds is 5. The zero-order chi connectivity index (χ0) is 18.3. The fourth-order valence-electron chi connectivity index (χ4n) is 2.99. The predicted octanol–water partition coefficient (Wildman–Crippen LogP) is 2.94. The van der Waals surface area contributed by atoms with Gasteiger partial charge in [-0.1, -0.05) is 17.7 Å². The average molecular weight is 381 g/mol. The molecule has 2 fully saturated rings. The molecule has 2 heterocycles. The van der Waals surface area contributed by atoms with Crippen molar-refractivity contribution in [3.05, 3.63) is 46.6 Å². The maximum Gasteiger partial charge on any atom is 0.276 e. The zero-order valence-corrected chi connectivity index (χ0v) is 14.7. The van der Waals surface area contributed by atoms with Crippen molar-refractivity contribution in [3.8, 4) is 5.75 Å². The van der Waals surface area contributed by atoms with Gasteiger partial charge in [0, 0.05) is 0 Å². The molecule has 0 spiro atoms. The van der Waals surface area contributed by atoms with Crippen molar-refractivity contribution in [1.82, 2.24) is 9.88 Å². The van der Waals surface area contributed by atoms with Crippen molar-refractivity contribution in [2.45, 2.75) is 37.6 Å². The number of hydrogen-bond donors (Lipinski definition) is 1. The summed E-state index contributed by atoms with van der Waals surface area (Å²) in [6.07, 6.45) is 1.00. The summed E-state index contributed by atoms with van der Waals surface area (Å²) in [7, 11) is 0. The molecule has 8 heteroatoms. The van der Waals surface area contributed by atoms with Crippen LogP contribution in [0.1, 0.15) is 40.7 Å². The quantitative estimate of drug-likeness (QED) is 0.863. The molecule has 2 aromatic rings. The van der Waals surface area contributed by atoms with Crippen molar-refractivity contribution < 1.29 is 23.4 Å². The third-order valence-electron chi connectivity index (χ3n) is 4.63. The summed E-state index contributed by atoms with van der Waals surface area (Å²) in [6.45, 7) is -0.187. The molecular weight excluding hydrogens is 363 g/mol. The Morgan fingerprint density at radius 1 is 1.42 bits per heavy atom. The van der Waals surface area contributed by atoms with E-state index < -0.39 is 18.2 Å². The van der Waals surface area contributed by atoms with Crippen LogP contribution in [0.4, 0.5) is 4.39 Å². The van der Waals surface area contributed by atoms with E-state index in [2.05, 4.69) is 4.98 Å². The molecule has 6 nitrogen and oxygen atoms in total. The fraction of sp³-hybridized carbons (Fsp3) is 0.444. The van der Waals surface area contributed by atoms with Gasteiger partial charge in [-0.05, 0) is 36.5 Å². The van der Waals surface area contributed by atoms with E-state index >= 15 is 0 Å². The Labute approximate surface area is 154 Å². The van der Waals surface area contributed by atoms with Gasteiger partial charge in [0.25, 0.3) is 5.91 Å². The van der Waals surface area contributed by atoms with E-state index in [0.29, 0.717) is 16.7 Å². The predicted molar refractivity (Wildman–Crippen MR) is 91.1 cm³/mol. The van der Waals surface area contributed by atoms with Gasteiger partial charge in [-0.25, -0.2) is 9.37 Å². The van der Waals surface area contributed by atoms with E-state index in [-0.39, 0.29) is 31.3 Å². The second-order valence-corrected chi connectivity index (χ2v) is 7.08. The summed E-state index contributed by atoms with van der Waals surface area (Å²) in [5, 5.41) is 9.94. The van der Waals surface area contributed by atoms with Gasteiger partial charge in [0.15, 0.2) is 12.3 Å². The number of aromatic nitrogens is 1. The number of hydrogen-bond acceptors (Lipinski definition) is 5. The smallest absolute Gasteiger partial charge is 0.276 e. The molecule has 0 radical (unpaired) electrons. The monoisotopic (exact) mass is 380 g/mol. The number of aliphatic hydroxyl groups excluding tert-OH is 1. The zero-order valence-electron chi connectivity index (χ0n) is 13.9. The van der Waals surface area contributed by atoms with Gasteiger partial charge < -0.3 is 19.2 Å². The first-order valence-corrected chi connectivity index (χ1v) is 8.87. The molecule has 1 saturated heterocycles. The van der Waals surface area contributed by atoms with E-state index in [9.17, 15) is 14.3 Å². The molecule has 0 bridgehead atoms. The van der Waals surface area contributed by atoms with Gasteiger partial charge in [-0.15, -0.1) is 0 Å². The first-order chi connectivity index (χ1) is 12.5. The third-order valence-corrected chi connectivity index (χ3v) is 4.93. The molecule has 2 atom stereocenters. The largest absolute Gasteiger partial charge is 0.482 e. The number of oxazole rings is 1. The second-order valence-electron chi connectivity index (χ2n) is 6.67. The highest BCUT2D eigenvalue weighted by Crippen LogP contribution is 2.42. The molecule has 1 aliphatic heterocycles. The second kappa shape index (κ2) is 6.89. The molecule has 4 rings (SSSR count). The van der Waals surface area contributed by atoms with Crippen LogP contribution in [-0.2, 0) is 6.61 Å². The lowest BCUT2D eigenvalue weighted by Crippen LogP contribution is -2.29. The molecule has 1 amide bonds. The number of halogens is 2. The number of amides is 1. The number of nitrogens with zero attached hydrogens (tertiary/aromatic N) is 2. The number of likely N-dealkylation sites (tertiary alicyclic amines) is 1. The van der Waals surface area contributed by atoms with E-state index in [4.69, 9.17) is 20.8 Å². The van der Waals surface area contributed by atoms with Crippen molar-refractivity contribution in [2.75, 3.05) is 13.1 Å². The van der Waals surface area contributed by atoms with Crippen LogP contribution in [0.5, 0.6) is 5.75 Å². The summed E-state index contributed by atoms with van der Waals surface area (Å²) >= 11 is 6.24. The van der Waals surface area contributed by atoms with Gasteiger partial charge in [0.05, 0.1) is 18.1 Å². The van der Waals surface area contributed by atoms with Crippen molar-refractivity contribution in [3.63, 3.8) is 0 Å². The Balaban J connectivity index is 1.37. The maximum absolute atomic E-state index is 13.4. The number of carbonyl (C=O) groups excluding carboxylic acids is 1. The minimum absolute atomic E-state index is 0.0180. The SMILES string of the molecule is O=C(c1coc(COc2ccc(C3CC3)cc2Cl)n1)N1C[C@@H](O)[C@H](F)C1. The summed E-state index contributed by atoms with van der Waals surface area (Å²) in [5.74, 6) is 0.859. The average Bonchev–Trinajstić information content (AvgIpc) is 3.28. The molecule has 1 aromatic heterocycles. The molecule has 26 heavy (non-hydrogen) atoms. The van der Waals surface area contributed by atoms with Gasteiger partial charge >= 0.3 is 0 Å². The Bertz CT molecular complexity index is 813. The molecule has 1 aromatic carbocycles. The molecule has 1 N–H and O–H groups in total.